The van der Waals surface area contributed by atoms with Gasteiger partial charge >= 0.3 is 0 Å². The molecule has 0 spiro atoms. The molecule has 0 aromatic heterocycles. The summed E-state index contributed by atoms with van der Waals surface area (Å²) in [5, 5.41) is 2.89. The van der Waals surface area contributed by atoms with Crippen LogP contribution in [-0.2, 0) is 9.59 Å². The van der Waals surface area contributed by atoms with Gasteiger partial charge in [0, 0.05) is 30.0 Å². The van der Waals surface area contributed by atoms with E-state index in [0.717, 1.165) is 29.7 Å². The molecule has 3 rings (SSSR count). The van der Waals surface area contributed by atoms with E-state index in [0.29, 0.717) is 30.9 Å². The predicted molar refractivity (Wildman–Crippen MR) is 94.8 cm³/mol. The molecule has 0 saturated carbocycles. The number of nitrogens with one attached hydrogen (secondary N) is 1. The first-order chi connectivity index (χ1) is 12.0. The summed E-state index contributed by atoms with van der Waals surface area (Å²) in [6.07, 6.45) is 2.45. The average Bonchev–Trinajstić information content (AvgIpc) is 2.55. The van der Waals surface area contributed by atoms with E-state index < -0.39 is 0 Å². The Labute approximate surface area is 148 Å². The van der Waals surface area contributed by atoms with Crippen molar-refractivity contribution in [1.29, 1.82) is 0 Å². The maximum atomic E-state index is 12.5. The third kappa shape index (κ3) is 3.70. The Kier molecular flexibility index (Phi) is 5.11. The van der Waals surface area contributed by atoms with Gasteiger partial charge in [-0.2, -0.15) is 0 Å². The van der Waals surface area contributed by atoms with Gasteiger partial charge in [-0.15, -0.1) is 0 Å². The molecule has 1 aromatic carbocycles. The zero-order chi connectivity index (χ0) is 18.0. The highest BCUT2D eigenvalue weighted by atomic mass is 16.5. The van der Waals surface area contributed by atoms with Crippen LogP contribution in [0.2, 0.25) is 0 Å². The molecule has 25 heavy (non-hydrogen) atoms. The number of hydrogen-bond donors (Lipinski definition) is 1. The number of hydrogen-bond acceptors (Lipinski definition) is 4. The molecular formula is C20H25NO4. The topological polar surface area (TPSA) is 64.6 Å². The fraction of sp³-hybridized carbons (Fsp3) is 0.500. The van der Waals surface area contributed by atoms with Gasteiger partial charge in [0.1, 0.15) is 0 Å². The van der Waals surface area contributed by atoms with Crippen molar-refractivity contribution in [1.82, 2.24) is 5.32 Å². The highest BCUT2D eigenvalue weighted by molar-refractivity contribution is 6.01. The lowest BCUT2D eigenvalue weighted by molar-refractivity contribution is -0.122. The highest BCUT2D eigenvalue weighted by Crippen LogP contribution is 2.40. The first-order valence-corrected chi connectivity index (χ1v) is 8.99. The number of carbonyl (C=O) groups excluding carboxylic acids is 2. The van der Waals surface area contributed by atoms with Crippen LogP contribution in [0.15, 0.2) is 29.5 Å². The average molecular weight is 343 g/mol. The molecule has 1 aromatic rings. The molecule has 1 atom stereocenters. The van der Waals surface area contributed by atoms with Gasteiger partial charge in [0.25, 0.3) is 0 Å². The van der Waals surface area contributed by atoms with E-state index in [1.807, 2.05) is 39.0 Å². The van der Waals surface area contributed by atoms with Gasteiger partial charge in [0.15, 0.2) is 17.3 Å². The molecule has 1 N–H and O–H groups in total. The number of allylic oxidation sites excluding steroid dienone is 2. The van der Waals surface area contributed by atoms with Crippen molar-refractivity contribution < 1.29 is 19.1 Å². The summed E-state index contributed by atoms with van der Waals surface area (Å²) >= 11 is 0. The Morgan fingerprint density at radius 1 is 1.20 bits per heavy atom. The van der Waals surface area contributed by atoms with E-state index in [4.69, 9.17) is 9.47 Å². The highest BCUT2D eigenvalue weighted by Gasteiger charge is 2.35. The molecule has 2 aliphatic rings. The smallest absolute Gasteiger partial charge is 0.225 e. The molecule has 1 amide bonds. The van der Waals surface area contributed by atoms with E-state index in [-0.39, 0.29) is 23.7 Å². The fourth-order valence-electron chi connectivity index (χ4n) is 3.55. The summed E-state index contributed by atoms with van der Waals surface area (Å²) in [7, 11) is 0. The molecule has 0 bridgehead atoms. The molecular weight excluding hydrogens is 318 g/mol. The zero-order valence-electron chi connectivity index (χ0n) is 15.1. The molecule has 5 heteroatoms. The van der Waals surface area contributed by atoms with Crippen LogP contribution in [0.3, 0.4) is 0 Å². The summed E-state index contributed by atoms with van der Waals surface area (Å²) in [4.78, 5) is 24.6. The molecule has 0 radical (unpaired) electrons. The fourth-order valence-corrected chi connectivity index (χ4v) is 3.55. The van der Waals surface area contributed by atoms with Gasteiger partial charge in [-0.05, 0) is 51.3 Å². The Balaban J connectivity index is 2.00. The molecule has 134 valence electrons. The van der Waals surface area contributed by atoms with Gasteiger partial charge in [-0.25, -0.2) is 0 Å². The van der Waals surface area contributed by atoms with Crippen molar-refractivity contribution in [2.75, 3.05) is 6.61 Å². The number of benzene rings is 1. The molecule has 1 unspecified atom stereocenters. The maximum Gasteiger partial charge on any atom is 0.225 e. The number of amides is 1. The number of rotatable bonds is 5. The lowest BCUT2D eigenvalue weighted by Crippen LogP contribution is -2.36. The summed E-state index contributed by atoms with van der Waals surface area (Å²) in [6.45, 7) is 6.38. The monoisotopic (exact) mass is 343 g/mol. The lowest BCUT2D eigenvalue weighted by Gasteiger charge is -2.31. The van der Waals surface area contributed by atoms with Gasteiger partial charge < -0.3 is 14.8 Å². The van der Waals surface area contributed by atoms with Gasteiger partial charge in [-0.1, -0.05) is 6.07 Å². The SMILES string of the molecule is CCOc1cc(C2CC(=O)NC3=C2C(=O)CCC3)ccc1OC(C)C. The molecule has 0 fully saturated rings. The normalized spacial score (nSPS) is 20.4. The van der Waals surface area contributed by atoms with Crippen LogP contribution in [0.25, 0.3) is 0 Å². The largest absolute Gasteiger partial charge is 0.490 e. The van der Waals surface area contributed by atoms with Crippen molar-refractivity contribution in [3.63, 3.8) is 0 Å². The molecule has 1 heterocycles. The van der Waals surface area contributed by atoms with E-state index in [2.05, 4.69) is 5.32 Å². The lowest BCUT2D eigenvalue weighted by atomic mass is 9.78. The number of Topliss-reactive ketones (excluding diaryl/α,β-unsaturated/α-hetero) is 1. The van der Waals surface area contributed by atoms with E-state index in [1.165, 1.54) is 0 Å². The van der Waals surface area contributed by atoms with Crippen LogP contribution in [0.5, 0.6) is 11.5 Å². The number of ketones is 1. The second-order valence-electron chi connectivity index (χ2n) is 6.78. The number of carbonyl (C=O) groups is 2. The summed E-state index contributed by atoms with van der Waals surface area (Å²) in [6, 6.07) is 5.73. The first-order valence-electron chi connectivity index (χ1n) is 8.99. The van der Waals surface area contributed by atoms with E-state index in [1.54, 1.807) is 0 Å². The van der Waals surface area contributed by atoms with Gasteiger partial charge in [0.05, 0.1) is 12.7 Å². The predicted octanol–water partition coefficient (Wildman–Crippen LogP) is 3.48. The molecule has 5 nitrogen and oxygen atoms in total. The van der Waals surface area contributed by atoms with Crippen LogP contribution in [-0.4, -0.2) is 24.4 Å². The second-order valence-corrected chi connectivity index (χ2v) is 6.78. The van der Waals surface area contributed by atoms with E-state index >= 15 is 0 Å². The Bertz CT molecular complexity index is 720. The molecule has 1 aliphatic heterocycles. The van der Waals surface area contributed by atoms with Crippen LogP contribution in [0, 0.1) is 0 Å². The Hall–Kier alpha value is -2.30. The molecule has 0 saturated heterocycles. The van der Waals surface area contributed by atoms with Crippen LogP contribution in [0.1, 0.15) is 57.9 Å². The van der Waals surface area contributed by atoms with Crippen molar-refractivity contribution in [2.45, 2.75) is 58.5 Å². The van der Waals surface area contributed by atoms with Gasteiger partial charge in [0.2, 0.25) is 5.91 Å². The van der Waals surface area contributed by atoms with Crippen molar-refractivity contribution in [3.8, 4) is 11.5 Å². The first kappa shape index (κ1) is 17.5. The van der Waals surface area contributed by atoms with E-state index in [9.17, 15) is 9.59 Å². The Morgan fingerprint density at radius 2 is 2.00 bits per heavy atom. The second kappa shape index (κ2) is 7.30. The minimum absolute atomic E-state index is 0.0288. The van der Waals surface area contributed by atoms with Crippen LogP contribution < -0.4 is 14.8 Å². The quantitative estimate of drug-likeness (QED) is 0.889. The van der Waals surface area contributed by atoms with Gasteiger partial charge in [-0.3, -0.25) is 9.59 Å². The minimum atomic E-state index is -0.205. The van der Waals surface area contributed by atoms with Crippen LogP contribution in [0.4, 0.5) is 0 Å². The van der Waals surface area contributed by atoms with Crippen molar-refractivity contribution in [3.05, 3.63) is 35.0 Å². The summed E-state index contributed by atoms with van der Waals surface area (Å²) < 4.78 is 11.5. The van der Waals surface area contributed by atoms with Crippen molar-refractivity contribution >= 4 is 11.7 Å². The zero-order valence-corrected chi connectivity index (χ0v) is 15.1. The Morgan fingerprint density at radius 3 is 2.72 bits per heavy atom. The molecule has 1 aliphatic carbocycles. The maximum absolute atomic E-state index is 12.5. The number of ether oxygens (including phenoxy) is 2. The summed E-state index contributed by atoms with van der Waals surface area (Å²) in [5.41, 5.74) is 2.50. The van der Waals surface area contributed by atoms with Crippen LogP contribution >= 0.6 is 0 Å². The third-order valence-electron chi connectivity index (χ3n) is 4.52. The third-order valence-corrected chi connectivity index (χ3v) is 4.52. The van der Waals surface area contributed by atoms with Crippen molar-refractivity contribution in [2.24, 2.45) is 0 Å². The summed E-state index contributed by atoms with van der Waals surface area (Å²) in [5.74, 6) is 1.25. The minimum Gasteiger partial charge on any atom is -0.490 e. The standard InChI is InChI=1S/C20H25NO4/c1-4-24-18-10-13(8-9-17(18)25-12(2)3)14-11-19(23)21-15-6-5-7-16(22)20(14)15/h8-10,12,14H,4-7,11H2,1-3H3,(H,21,23).